The predicted octanol–water partition coefficient (Wildman–Crippen LogP) is 5.35. The number of amides is 1. The second-order valence-corrected chi connectivity index (χ2v) is 7.44. The molecule has 1 atom stereocenters. The maximum Gasteiger partial charge on any atom is 0.336 e. The third-order valence-corrected chi connectivity index (χ3v) is 5.49. The van der Waals surface area contributed by atoms with E-state index < -0.39 is 11.9 Å². The first-order valence-electron chi connectivity index (χ1n) is 9.06. The van der Waals surface area contributed by atoms with Gasteiger partial charge in [-0.3, -0.25) is 4.79 Å². The van der Waals surface area contributed by atoms with Gasteiger partial charge in [-0.2, -0.15) is 0 Å². The fourth-order valence-corrected chi connectivity index (χ4v) is 4.14. The van der Waals surface area contributed by atoms with Crippen LogP contribution in [-0.4, -0.2) is 23.9 Å². The van der Waals surface area contributed by atoms with E-state index in [0.29, 0.717) is 34.3 Å². The second kappa shape index (κ2) is 8.80. The molecule has 0 saturated carbocycles. The van der Waals surface area contributed by atoms with Crippen molar-refractivity contribution in [1.82, 2.24) is 4.90 Å². The molecule has 0 radical (unpaired) electrons. The number of methoxy groups -OCH3 is 1. The zero-order chi connectivity index (χ0) is 20.3. The maximum absolute atomic E-state index is 13.1. The lowest BCUT2D eigenvalue weighted by atomic mass is 9.82. The highest BCUT2D eigenvalue weighted by molar-refractivity contribution is 6.31. The molecule has 0 aliphatic carbocycles. The monoisotopic (exact) mass is 417 g/mol. The minimum absolute atomic E-state index is 0.0607. The summed E-state index contributed by atoms with van der Waals surface area (Å²) in [6.07, 6.45) is 0.663. The highest BCUT2D eigenvalue weighted by Gasteiger charge is 2.38. The summed E-state index contributed by atoms with van der Waals surface area (Å²) in [4.78, 5) is 27.4. The van der Waals surface area contributed by atoms with E-state index in [2.05, 4.69) is 0 Å². The van der Waals surface area contributed by atoms with Gasteiger partial charge in [0.25, 0.3) is 0 Å². The van der Waals surface area contributed by atoms with Gasteiger partial charge in [0.2, 0.25) is 5.91 Å². The summed E-state index contributed by atoms with van der Waals surface area (Å²) in [6.45, 7) is 2.27. The Kier molecular flexibility index (Phi) is 6.42. The van der Waals surface area contributed by atoms with E-state index in [4.69, 9.17) is 27.9 Å². The van der Waals surface area contributed by atoms with E-state index in [9.17, 15) is 9.59 Å². The van der Waals surface area contributed by atoms with Gasteiger partial charge in [0.05, 0.1) is 19.2 Å². The molecular weight excluding hydrogens is 397 g/mol. The quantitative estimate of drug-likeness (QED) is 0.616. The van der Waals surface area contributed by atoms with Crippen molar-refractivity contribution < 1.29 is 14.3 Å². The molecule has 2 aromatic carbocycles. The number of hydrogen-bond donors (Lipinski definition) is 0. The van der Waals surface area contributed by atoms with Crippen molar-refractivity contribution in [3.8, 4) is 0 Å². The summed E-state index contributed by atoms with van der Waals surface area (Å²) in [5.41, 5.74) is 2.80. The average Bonchev–Trinajstić information content (AvgIpc) is 2.69. The Morgan fingerprint density at radius 1 is 1.18 bits per heavy atom. The predicted molar refractivity (Wildman–Crippen MR) is 110 cm³/mol. The highest BCUT2D eigenvalue weighted by Crippen LogP contribution is 2.41. The number of hydrogen-bond acceptors (Lipinski definition) is 3. The molecule has 1 aliphatic rings. The molecule has 28 heavy (non-hydrogen) atoms. The Bertz CT molecular complexity index is 939. The minimum Gasteiger partial charge on any atom is -0.466 e. The van der Waals surface area contributed by atoms with Gasteiger partial charge in [0.15, 0.2) is 0 Å². The first-order chi connectivity index (χ1) is 13.5. The van der Waals surface area contributed by atoms with Crippen molar-refractivity contribution in [2.24, 2.45) is 0 Å². The van der Waals surface area contributed by atoms with Crippen molar-refractivity contribution in [3.63, 3.8) is 0 Å². The lowest BCUT2D eigenvalue weighted by molar-refractivity contribution is -0.138. The largest absolute Gasteiger partial charge is 0.466 e. The normalized spacial score (nSPS) is 17.1. The van der Waals surface area contributed by atoms with Crippen LogP contribution in [0.5, 0.6) is 0 Å². The van der Waals surface area contributed by atoms with Crippen LogP contribution in [0.4, 0.5) is 0 Å². The van der Waals surface area contributed by atoms with Gasteiger partial charge in [-0.25, -0.2) is 4.79 Å². The smallest absolute Gasteiger partial charge is 0.336 e. The Morgan fingerprint density at radius 2 is 1.93 bits per heavy atom. The number of benzene rings is 2. The van der Waals surface area contributed by atoms with Crippen molar-refractivity contribution in [1.29, 1.82) is 0 Å². The van der Waals surface area contributed by atoms with Crippen LogP contribution in [0, 0.1) is 0 Å². The Balaban J connectivity index is 2.10. The Morgan fingerprint density at radius 3 is 2.57 bits per heavy atom. The van der Waals surface area contributed by atoms with Crippen LogP contribution < -0.4 is 0 Å². The number of carbonyl (C=O) groups excluding carboxylic acids is 2. The number of carbonyl (C=O) groups is 2. The first-order valence-corrected chi connectivity index (χ1v) is 9.82. The summed E-state index contributed by atoms with van der Waals surface area (Å²) < 4.78 is 5.07. The van der Waals surface area contributed by atoms with Gasteiger partial charge >= 0.3 is 5.97 Å². The summed E-state index contributed by atoms with van der Waals surface area (Å²) in [7, 11) is 1.35. The van der Waals surface area contributed by atoms with Gasteiger partial charge in [-0.15, -0.1) is 0 Å². The van der Waals surface area contributed by atoms with Crippen LogP contribution in [0.1, 0.15) is 36.8 Å². The van der Waals surface area contributed by atoms with Crippen LogP contribution in [0.3, 0.4) is 0 Å². The van der Waals surface area contributed by atoms with E-state index in [0.717, 1.165) is 11.1 Å². The SMILES string of the molecule is CCC1=C(C(=O)OC)C(c2ccccc2Cl)CC(=O)N1Cc1cccc(Cl)c1. The fourth-order valence-electron chi connectivity index (χ4n) is 3.66. The first kappa shape index (κ1) is 20.4. The van der Waals surface area contributed by atoms with E-state index in [1.54, 1.807) is 17.0 Å². The van der Waals surface area contributed by atoms with Gasteiger partial charge in [-0.05, 0) is 35.7 Å². The third kappa shape index (κ3) is 4.08. The summed E-state index contributed by atoms with van der Waals surface area (Å²) in [5.74, 6) is -0.932. The standard InChI is InChI=1S/C22H21Cl2NO3/c1-3-19-21(22(27)28-2)17(16-9-4-5-10-18(16)24)12-20(26)25(19)13-14-7-6-8-15(23)11-14/h4-11,17H,3,12-13H2,1-2H3. The van der Waals surface area contributed by atoms with Crippen LogP contribution in [0.15, 0.2) is 59.8 Å². The number of nitrogens with zero attached hydrogens (tertiary/aromatic N) is 1. The molecule has 0 bridgehead atoms. The molecule has 1 heterocycles. The molecule has 1 unspecified atom stereocenters. The second-order valence-electron chi connectivity index (χ2n) is 6.59. The van der Waals surface area contributed by atoms with E-state index in [1.807, 2.05) is 43.3 Å². The molecule has 0 fully saturated rings. The van der Waals surface area contributed by atoms with Crippen molar-refractivity contribution in [3.05, 3.63) is 81.0 Å². The molecule has 3 rings (SSSR count). The van der Waals surface area contributed by atoms with E-state index in [1.165, 1.54) is 7.11 Å². The zero-order valence-corrected chi connectivity index (χ0v) is 17.3. The fraction of sp³-hybridized carbons (Fsp3) is 0.273. The zero-order valence-electron chi connectivity index (χ0n) is 15.7. The summed E-state index contributed by atoms with van der Waals surface area (Å²) in [6, 6.07) is 14.6. The van der Waals surface area contributed by atoms with Gasteiger partial charge in [-0.1, -0.05) is 60.5 Å². The molecule has 0 aromatic heterocycles. The third-order valence-electron chi connectivity index (χ3n) is 4.92. The lowest BCUT2D eigenvalue weighted by Gasteiger charge is -2.36. The van der Waals surface area contributed by atoms with Crippen LogP contribution in [-0.2, 0) is 20.9 Å². The van der Waals surface area contributed by atoms with E-state index >= 15 is 0 Å². The van der Waals surface area contributed by atoms with Crippen molar-refractivity contribution in [2.75, 3.05) is 7.11 Å². The molecule has 0 spiro atoms. The molecule has 6 heteroatoms. The number of halogens is 2. The molecule has 4 nitrogen and oxygen atoms in total. The lowest BCUT2D eigenvalue weighted by Crippen LogP contribution is -2.38. The van der Waals surface area contributed by atoms with Gasteiger partial charge < -0.3 is 9.64 Å². The molecular formula is C22H21Cl2NO3. The number of esters is 1. The van der Waals surface area contributed by atoms with Crippen molar-refractivity contribution in [2.45, 2.75) is 32.2 Å². The van der Waals surface area contributed by atoms with Crippen LogP contribution >= 0.6 is 23.2 Å². The average molecular weight is 418 g/mol. The van der Waals surface area contributed by atoms with Gasteiger partial charge in [0.1, 0.15) is 0 Å². The summed E-state index contributed by atoms with van der Waals surface area (Å²) >= 11 is 12.5. The molecule has 146 valence electrons. The van der Waals surface area contributed by atoms with E-state index in [-0.39, 0.29) is 12.3 Å². The van der Waals surface area contributed by atoms with Crippen LogP contribution in [0.25, 0.3) is 0 Å². The molecule has 1 aliphatic heterocycles. The number of ether oxygens (including phenoxy) is 1. The number of rotatable bonds is 5. The van der Waals surface area contributed by atoms with Crippen molar-refractivity contribution >= 4 is 35.1 Å². The Hall–Kier alpha value is -2.30. The molecule has 2 aromatic rings. The number of allylic oxidation sites excluding steroid dienone is 1. The van der Waals surface area contributed by atoms with Gasteiger partial charge in [0, 0.05) is 28.1 Å². The summed E-state index contributed by atoms with van der Waals surface area (Å²) in [5, 5.41) is 1.13. The molecule has 0 N–H and O–H groups in total. The minimum atomic E-state index is -0.439. The Labute approximate surface area is 174 Å². The molecule has 1 amide bonds. The van der Waals surface area contributed by atoms with Crippen LogP contribution in [0.2, 0.25) is 10.0 Å². The maximum atomic E-state index is 13.1. The molecule has 0 saturated heterocycles. The topological polar surface area (TPSA) is 46.6 Å². The highest BCUT2D eigenvalue weighted by atomic mass is 35.5.